The second kappa shape index (κ2) is 8.18. The molecular formula is C20H14Br2N2. The van der Waals surface area contributed by atoms with E-state index >= 15 is 0 Å². The molecule has 0 unspecified atom stereocenters. The zero-order valence-corrected chi connectivity index (χ0v) is 15.9. The molecule has 0 saturated heterocycles. The Hall–Kier alpha value is -2.04. The highest BCUT2D eigenvalue weighted by Gasteiger charge is 1.94. The highest BCUT2D eigenvalue weighted by Crippen LogP contribution is 2.14. The Morgan fingerprint density at radius 2 is 1.00 bits per heavy atom. The summed E-state index contributed by atoms with van der Waals surface area (Å²) in [6, 6.07) is 18.2. The first-order chi connectivity index (χ1) is 11.7. The summed E-state index contributed by atoms with van der Waals surface area (Å²) in [5.41, 5.74) is 4.01. The lowest BCUT2D eigenvalue weighted by atomic mass is 10.2. The first-order valence-corrected chi connectivity index (χ1v) is 8.97. The summed E-state index contributed by atoms with van der Waals surface area (Å²) in [7, 11) is 0. The van der Waals surface area contributed by atoms with Crippen LogP contribution in [0.3, 0.4) is 0 Å². The summed E-state index contributed by atoms with van der Waals surface area (Å²) in [5.74, 6) is 0. The van der Waals surface area contributed by atoms with Gasteiger partial charge in [0.25, 0.3) is 0 Å². The molecule has 118 valence electrons. The van der Waals surface area contributed by atoms with Gasteiger partial charge in [-0.25, -0.2) is 9.97 Å². The zero-order valence-electron chi connectivity index (χ0n) is 12.7. The fourth-order valence-electron chi connectivity index (χ4n) is 2.08. The predicted octanol–water partition coefficient (Wildman–Crippen LogP) is 6.34. The van der Waals surface area contributed by atoms with E-state index in [2.05, 4.69) is 66.1 Å². The van der Waals surface area contributed by atoms with Crippen LogP contribution in [0.4, 0.5) is 0 Å². The Bertz CT molecular complexity index is 796. The zero-order chi connectivity index (χ0) is 16.8. The van der Waals surface area contributed by atoms with Crippen LogP contribution >= 0.6 is 31.9 Å². The monoisotopic (exact) mass is 440 g/mol. The summed E-state index contributed by atoms with van der Waals surface area (Å²) >= 11 is 6.87. The van der Waals surface area contributed by atoms with E-state index in [-0.39, 0.29) is 0 Å². The van der Waals surface area contributed by atoms with E-state index in [1.54, 1.807) is 6.33 Å². The van der Waals surface area contributed by atoms with E-state index in [0.717, 1.165) is 31.5 Å². The van der Waals surface area contributed by atoms with Crippen molar-refractivity contribution in [1.29, 1.82) is 0 Å². The van der Waals surface area contributed by atoms with Gasteiger partial charge in [0, 0.05) is 8.95 Å². The number of nitrogens with zero attached hydrogens (tertiary/aromatic N) is 2. The summed E-state index contributed by atoms with van der Waals surface area (Å²) in [6.45, 7) is 0. The van der Waals surface area contributed by atoms with Gasteiger partial charge in [-0.15, -0.1) is 0 Å². The van der Waals surface area contributed by atoms with E-state index in [1.165, 1.54) is 0 Å². The van der Waals surface area contributed by atoms with Gasteiger partial charge < -0.3 is 0 Å². The molecule has 1 heterocycles. The number of aromatic nitrogens is 2. The van der Waals surface area contributed by atoms with Crippen LogP contribution in [0.15, 0.2) is 69.9 Å². The van der Waals surface area contributed by atoms with Crippen molar-refractivity contribution in [1.82, 2.24) is 9.97 Å². The fourth-order valence-corrected chi connectivity index (χ4v) is 2.61. The average Bonchev–Trinajstić information content (AvgIpc) is 2.61. The molecule has 0 spiro atoms. The molecular weight excluding hydrogens is 428 g/mol. The van der Waals surface area contributed by atoms with Gasteiger partial charge in [0.15, 0.2) is 0 Å². The van der Waals surface area contributed by atoms with Crippen LogP contribution in [0.1, 0.15) is 22.5 Å². The predicted molar refractivity (Wildman–Crippen MR) is 108 cm³/mol. The Morgan fingerprint density at radius 3 is 1.42 bits per heavy atom. The molecule has 0 aliphatic heterocycles. The van der Waals surface area contributed by atoms with Gasteiger partial charge in [0.2, 0.25) is 0 Å². The molecule has 0 aliphatic carbocycles. The van der Waals surface area contributed by atoms with Crippen molar-refractivity contribution in [3.8, 4) is 0 Å². The Balaban J connectivity index is 1.74. The van der Waals surface area contributed by atoms with Crippen LogP contribution in [-0.4, -0.2) is 9.97 Å². The molecule has 0 amide bonds. The number of hydrogen-bond acceptors (Lipinski definition) is 2. The van der Waals surface area contributed by atoms with Gasteiger partial charge in [-0.1, -0.05) is 68.3 Å². The Labute approximate surface area is 158 Å². The van der Waals surface area contributed by atoms with Gasteiger partial charge in [-0.3, -0.25) is 0 Å². The largest absolute Gasteiger partial charge is 0.237 e. The average molecular weight is 442 g/mol. The van der Waals surface area contributed by atoms with Crippen LogP contribution < -0.4 is 0 Å². The highest BCUT2D eigenvalue weighted by molar-refractivity contribution is 9.10. The van der Waals surface area contributed by atoms with Gasteiger partial charge in [0.1, 0.15) is 6.33 Å². The maximum atomic E-state index is 4.29. The number of rotatable bonds is 4. The lowest BCUT2D eigenvalue weighted by Crippen LogP contribution is -1.86. The van der Waals surface area contributed by atoms with Crippen molar-refractivity contribution in [2.45, 2.75) is 0 Å². The highest BCUT2D eigenvalue weighted by atomic mass is 79.9. The van der Waals surface area contributed by atoms with E-state index in [4.69, 9.17) is 0 Å². The molecule has 3 aromatic rings. The van der Waals surface area contributed by atoms with Gasteiger partial charge in [-0.2, -0.15) is 0 Å². The molecule has 2 nitrogen and oxygen atoms in total. The van der Waals surface area contributed by atoms with Gasteiger partial charge >= 0.3 is 0 Å². The van der Waals surface area contributed by atoms with Crippen LogP contribution in [-0.2, 0) is 0 Å². The molecule has 3 rings (SSSR count). The number of halogens is 2. The molecule has 0 bridgehead atoms. The standard InChI is InChI=1S/C20H14Br2N2/c21-17-7-1-15(2-8-17)5-11-19-13-20(24-14-23-19)12-6-16-3-9-18(22)10-4-16/h1-14H/b11-5+,12-6+. The minimum atomic E-state index is 0.878. The van der Waals surface area contributed by atoms with Crippen molar-refractivity contribution < 1.29 is 0 Å². The maximum Gasteiger partial charge on any atom is 0.116 e. The SMILES string of the molecule is Brc1ccc(/C=C/c2cc(/C=C/c3ccc(Br)cc3)ncn2)cc1. The summed E-state index contributed by atoms with van der Waals surface area (Å²) in [6.07, 6.45) is 9.64. The van der Waals surface area contributed by atoms with E-state index in [0.29, 0.717) is 0 Å². The molecule has 0 N–H and O–H groups in total. The second-order valence-corrected chi connectivity index (χ2v) is 6.97. The molecule has 24 heavy (non-hydrogen) atoms. The smallest absolute Gasteiger partial charge is 0.116 e. The quantitative estimate of drug-likeness (QED) is 0.471. The van der Waals surface area contributed by atoms with Crippen LogP contribution in [0.25, 0.3) is 24.3 Å². The van der Waals surface area contributed by atoms with Gasteiger partial charge in [-0.05, 0) is 53.6 Å². The molecule has 0 radical (unpaired) electrons. The molecule has 2 aromatic carbocycles. The molecule has 1 aromatic heterocycles. The summed E-state index contributed by atoms with van der Waals surface area (Å²) in [5, 5.41) is 0. The molecule has 0 fully saturated rings. The maximum absolute atomic E-state index is 4.29. The van der Waals surface area contributed by atoms with Crippen LogP contribution in [0.2, 0.25) is 0 Å². The lowest BCUT2D eigenvalue weighted by Gasteiger charge is -1.97. The Morgan fingerprint density at radius 1 is 0.583 bits per heavy atom. The third-order valence-corrected chi connectivity index (χ3v) is 4.40. The van der Waals surface area contributed by atoms with Crippen molar-refractivity contribution in [2.24, 2.45) is 0 Å². The molecule has 0 aliphatic rings. The summed E-state index contributed by atoms with van der Waals surface area (Å²) in [4.78, 5) is 8.58. The molecule has 0 atom stereocenters. The van der Waals surface area contributed by atoms with Crippen LogP contribution in [0.5, 0.6) is 0 Å². The van der Waals surface area contributed by atoms with E-state index in [1.807, 2.05) is 54.6 Å². The Kier molecular flexibility index (Phi) is 5.72. The van der Waals surface area contributed by atoms with Crippen molar-refractivity contribution in [3.63, 3.8) is 0 Å². The third kappa shape index (κ3) is 4.98. The minimum Gasteiger partial charge on any atom is -0.237 e. The third-order valence-electron chi connectivity index (χ3n) is 3.34. The lowest BCUT2D eigenvalue weighted by molar-refractivity contribution is 1.14. The number of benzene rings is 2. The van der Waals surface area contributed by atoms with Crippen molar-refractivity contribution in [2.75, 3.05) is 0 Å². The summed E-state index contributed by atoms with van der Waals surface area (Å²) < 4.78 is 2.14. The number of hydrogen-bond donors (Lipinski definition) is 0. The first kappa shape index (κ1) is 16.8. The second-order valence-electron chi connectivity index (χ2n) is 5.14. The molecule has 0 saturated carbocycles. The van der Waals surface area contributed by atoms with Crippen molar-refractivity contribution >= 4 is 56.2 Å². The first-order valence-electron chi connectivity index (χ1n) is 7.38. The van der Waals surface area contributed by atoms with Crippen LogP contribution in [0, 0.1) is 0 Å². The minimum absolute atomic E-state index is 0.878. The normalized spacial score (nSPS) is 11.4. The van der Waals surface area contributed by atoms with E-state index in [9.17, 15) is 0 Å². The molecule has 4 heteroatoms. The van der Waals surface area contributed by atoms with Crippen molar-refractivity contribution in [3.05, 3.63) is 92.4 Å². The topological polar surface area (TPSA) is 25.8 Å². The van der Waals surface area contributed by atoms with Gasteiger partial charge in [0.05, 0.1) is 11.4 Å². The fraction of sp³-hybridized carbons (Fsp3) is 0. The van der Waals surface area contributed by atoms with E-state index < -0.39 is 0 Å².